The van der Waals surface area contributed by atoms with Crippen molar-refractivity contribution in [2.75, 3.05) is 32.8 Å². The average Bonchev–Trinajstić information content (AvgIpc) is 3.07. The Kier molecular flexibility index (Phi) is 8.56. The van der Waals surface area contributed by atoms with Gasteiger partial charge in [-0.1, -0.05) is 53.7 Å². The monoisotopic (exact) mass is 429 g/mol. The largest absolute Gasteiger partial charge is 0.493 e. The minimum absolute atomic E-state index is 0.0584. The van der Waals surface area contributed by atoms with Gasteiger partial charge in [0.15, 0.2) is 0 Å². The molecule has 1 aliphatic rings. The molecule has 1 amide bonds. The Hall–Kier alpha value is -2.04. The van der Waals surface area contributed by atoms with E-state index in [1.807, 2.05) is 11.8 Å². The highest BCUT2D eigenvalue weighted by molar-refractivity contribution is 6.04. The minimum Gasteiger partial charge on any atom is -0.493 e. The number of likely N-dealkylation sites (N-methyl/N-ethyl adjacent to an activating group) is 2. The van der Waals surface area contributed by atoms with Crippen molar-refractivity contribution in [3.8, 4) is 5.75 Å². The van der Waals surface area contributed by atoms with E-state index in [-0.39, 0.29) is 16.7 Å². The highest BCUT2D eigenvalue weighted by Crippen LogP contribution is 2.38. The number of ether oxygens (including phenoxy) is 1. The first-order chi connectivity index (χ1) is 14.6. The van der Waals surface area contributed by atoms with Gasteiger partial charge in [-0.25, -0.2) is 0 Å². The zero-order valence-electron chi connectivity index (χ0n) is 21.0. The first-order valence-electron chi connectivity index (χ1n) is 12.0. The summed E-state index contributed by atoms with van der Waals surface area (Å²) < 4.78 is 6.26. The van der Waals surface area contributed by atoms with Crippen molar-refractivity contribution in [1.82, 2.24) is 9.80 Å². The molecule has 0 atom stereocenters. The Balaban J connectivity index is 2.09. The fourth-order valence-corrected chi connectivity index (χ4v) is 3.78. The van der Waals surface area contributed by atoms with Gasteiger partial charge in [0.05, 0.1) is 6.61 Å². The first kappa shape index (κ1) is 25.2. The van der Waals surface area contributed by atoms with E-state index in [2.05, 4.69) is 66.7 Å². The van der Waals surface area contributed by atoms with Crippen molar-refractivity contribution < 1.29 is 9.53 Å². The number of carbonyl (C=O) groups excluding carboxylic acids is 1. The number of amides is 1. The summed E-state index contributed by atoms with van der Waals surface area (Å²) in [5.41, 5.74) is 2.87. The number of carbonyl (C=O) groups is 1. The second-order valence-corrected chi connectivity index (χ2v) is 9.72. The van der Waals surface area contributed by atoms with Crippen LogP contribution in [0.4, 0.5) is 0 Å². The van der Waals surface area contributed by atoms with Gasteiger partial charge in [-0.2, -0.15) is 0 Å². The van der Waals surface area contributed by atoms with Crippen molar-refractivity contribution >= 4 is 11.9 Å². The van der Waals surface area contributed by atoms with Crippen molar-refractivity contribution in [3.05, 3.63) is 29.3 Å². The molecule has 0 unspecified atom stereocenters. The molecule has 1 saturated heterocycles. The summed E-state index contributed by atoms with van der Waals surface area (Å²) in [5, 5.41) is 0. The van der Waals surface area contributed by atoms with Crippen LogP contribution in [0.3, 0.4) is 0 Å². The summed E-state index contributed by atoms with van der Waals surface area (Å²) in [6.45, 7) is 20.9. The Morgan fingerprint density at radius 1 is 1.00 bits per heavy atom. The van der Waals surface area contributed by atoms with Crippen LogP contribution in [0.5, 0.6) is 5.75 Å². The molecule has 0 bridgehead atoms. The second-order valence-electron chi connectivity index (χ2n) is 9.72. The lowest BCUT2D eigenvalue weighted by Gasteiger charge is -2.30. The van der Waals surface area contributed by atoms with Gasteiger partial charge in [0, 0.05) is 31.6 Å². The Bertz CT molecular complexity index is 783. The standard InChI is InChI=1S/C26H43N3O2/c1-9-25(5,6)20-14-15-22(21(18-20)26(7,8)10-2)31-17-13-16-27-24-28(11-3)19-23(30)29(24)12-4/h14-15,18H,9-13,16-17,19H2,1-8H3. The highest BCUT2D eigenvalue weighted by Gasteiger charge is 2.31. The molecule has 1 aromatic rings. The van der Waals surface area contributed by atoms with Crippen LogP contribution in [-0.4, -0.2) is 54.5 Å². The molecule has 0 radical (unpaired) electrons. The molecular weight excluding hydrogens is 386 g/mol. The quantitative estimate of drug-likeness (QED) is 0.444. The summed E-state index contributed by atoms with van der Waals surface area (Å²) in [6, 6.07) is 6.72. The van der Waals surface area contributed by atoms with Gasteiger partial charge >= 0.3 is 0 Å². The third-order valence-corrected chi connectivity index (χ3v) is 6.92. The summed E-state index contributed by atoms with van der Waals surface area (Å²) in [4.78, 5) is 20.7. The fraction of sp³-hybridized carbons (Fsp3) is 0.692. The average molecular weight is 430 g/mol. The molecule has 5 heteroatoms. The molecule has 1 aromatic carbocycles. The third-order valence-electron chi connectivity index (χ3n) is 6.92. The maximum Gasteiger partial charge on any atom is 0.248 e. The van der Waals surface area contributed by atoms with Gasteiger partial charge in [0.1, 0.15) is 12.3 Å². The minimum atomic E-state index is 0.0584. The van der Waals surface area contributed by atoms with Crippen molar-refractivity contribution in [3.63, 3.8) is 0 Å². The topological polar surface area (TPSA) is 45.1 Å². The Morgan fingerprint density at radius 3 is 2.26 bits per heavy atom. The number of aliphatic imine (C=N–C) groups is 1. The van der Waals surface area contributed by atoms with E-state index in [1.54, 1.807) is 4.90 Å². The second kappa shape index (κ2) is 10.5. The summed E-state index contributed by atoms with van der Waals surface area (Å²) in [5.74, 6) is 1.94. The zero-order valence-corrected chi connectivity index (χ0v) is 21.0. The molecule has 174 valence electrons. The van der Waals surface area contributed by atoms with Crippen molar-refractivity contribution in [2.24, 2.45) is 4.99 Å². The number of rotatable bonds is 11. The lowest BCUT2D eigenvalue weighted by molar-refractivity contribution is -0.124. The van der Waals surface area contributed by atoms with E-state index in [0.717, 1.165) is 37.5 Å². The van der Waals surface area contributed by atoms with Crippen LogP contribution >= 0.6 is 0 Å². The van der Waals surface area contributed by atoms with E-state index in [9.17, 15) is 4.79 Å². The fourth-order valence-electron chi connectivity index (χ4n) is 3.78. The van der Waals surface area contributed by atoms with Crippen LogP contribution in [0.25, 0.3) is 0 Å². The summed E-state index contributed by atoms with van der Waals surface area (Å²) in [7, 11) is 0. The number of nitrogens with zero attached hydrogens (tertiary/aromatic N) is 3. The highest BCUT2D eigenvalue weighted by atomic mass is 16.5. The molecule has 0 saturated carbocycles. The molecule has 0 N–H and O–H groups in total. The van der Waals surface area contributed by atoms with Gasteiger partial charge in [0.25, 0.3) is 0 Å². The van der Waals surface area contributed by atoms with Crippen LogP contribution in [0.15, 0.2) is 23.2 Å². The maximum absolute atomic E-state index is 12.1. The zero-order chi connectivity index (χ0) is 23.2. The maximum atomic E-state index is 12.1. The number of benzene rings is 1. The normalized spacial score (nSPS) is 16.5. The predicted molar refractivity (Wildman–Crippen MR) is 130 cm³/mol. The molecule has 31 heavy (non-hydrogen) atoms. The SMILES string of the molecule is CCN1CC(=O)N(CC)C1=NCCCOc1ccc(C(C)(C)CC)cc1C(C)(C)CC. The van der Waals surface area contributed by atoms with Crippen LogP contribution < -0.4 is 4.74 Å². The van der Waals surface area contributed by atoms with E-state index in [4.69, 9.17) is 9.73 Å². The van der Waals surface area contributed by atoms with Crippen LogP contribution in [0.2, 0.25) is 0 Å². The molecular formula is C26H43N3O2. The molecule has 1 aliphatic heterocycles. The van der Waals surface area contributed by atoms with Gasteiger partial charge in [-0.3, -0.25) is 14.7 Å². The van der Waals surface area contributed by atoms with Crippen molar-refractivity contribution in [1.29, 1.82) is 0 Å². The Morgan fingerprint density at radius 2 is 1.68 bits per heavy atom. The molecule has 1 heterocycles. The Labute approximate surface area is 189 Å². The van der Waals surface area contributed by atoms with Gasteiger partial charge in [-0.05, 0) is 49.1 Å². The molecule has 0 aliphatic carbocycles. The number of guanidine groups is 1. The van der Waals surface area contributed by atoms with Crippen LogP contribution in [0.1, 0.15) is 85.8 Å². The molecule has 2 rings (SSSR count). The molecule has 0 spiro atoms. The van der Waals surface area contributed by atoms with Gasteiger partial charge in [0.2, 0.25) is 11.9 Å². The first-order valence-corrected chi connectivity index (χ1v) is 12.0. The van der Waals surface area contributed by atoms with E-state index in [0.29, 0.717) is 26.2 Å². The third kappa shape index (κ3) is 5.81. The van der Waals surface area contributed by atoms with E-state index < -0.39 is 0 Å². The van der Waals surface area contributed by atoms with Crippen LogP contribution in [-0.2, 0) is 15.6 Å². The molecule has 0 aromatic heterocycles. The van der Waals surface area contributed by atoms with Gasteiger partial charge < -0.3 is 9.64 Å². The molecule has 5 nitrogen and oxygen atoms in total. The lowest BCUT2D eigenvalue weighted by atomic mass is 9.76. The number of hydrogen-bond donors (Lipinski definition) is 0. The summed E-state index contributed by atoms with van der Waals surface area (Å²) in [6.07, 6.45) is 2.98. The molecule has 1 fully saturated rings. The summed E-state index contributed by atoms with van der Waals surface area (Å²) >= 11 is 0. The van der Waals surface area contributed by atoms with E-state index >= 15 is 0 Å². The van der Waals surface area contributed by atoms with Gasteiger partial charge in [-0.15, -0.1) is 0 Å². The number of hydrogen-bond acceptors (Lipinski definition) is 3. The smallest absolute Gasteiger partial charge is 0.248 e. The van der Waals surface area contributed by atoms with Crippen molar-refractivity contribution in [2.45, 2.75) is 85.5 Å². The van der Waals surface area contributed by atoms with E-state index in [1.165, 1.54) is 11.1 Å². The van der Waals surface area contributed by atoms with Crippen LogP contribution in [0, 0.1) is 0 Å². The lowest BCUT2D eigenvalue weighted by Crippen LogP contribution is -2.34. The predicted octanol–water partition coefficient (Wildman–Crippen LogP) is 5.37.